The summed E-state index contributed by atoms with van der Waals surface area (Å²) in [5.41, 5.74) is 6.64. The van der Waals surface area contributed by atoms with E-state index in [9.17, 15) is 13.6 Å². The van der Waals surface area contributed by atoms with Gasteiger partial charge in [0.1, 0.15) is 0 Å². The Kier molecular flexibility index (Phi) is 7.18. The molecule has 7 nitrogen and oxygen atoms in total. The first kappa shape index (κ1) is 20.2. The molecule has 1 amide bonds. The lowest BCUT2D eigenvalue weighted by molar-refractivity contribution is -0.120. The molecular weight excluding hydrogens is 384 g/mol. The number of methoxy groups -OCH3 is 1. The number of nitrogens with two attached hydrogens (primary N) is 1. The number of benzene rings is 2. The van der Waals surface area contributed by atoms with E-state index < -0.39 is 12.5 Å². The van der Waals surface area contributed by atoms with Crippen LogP contribution in [0.15, 0.2) is 47.6 Å². The van der Waals surface area contributed by atoms with Crippen molar-refractivity contribution in [1.29, 1.82) is 0 Å². The number of anilines is 1. The number of alkyl halides is 2. The number of carbonyl (C=O) groups is 1. The fourth-order valence-corrected chi connectivity index (χ4v) is 2.09. The Morgan fingerprint density at radius 2 is 1.93 bits per heavy atom. The van der Waals surface area contributed by atoms with Crippen molar-refractivity contribution in [2.24, 2.45) is 10.9 Å². The molecule has 0 saturated heterocycles. The second-order valence-electron chi connectivity index (χ2n) is 5.05. The van der Waals surface area contributed by atoms with E-state index in [1.165, 1.54) is 25.3 Å². The molecule has 10 heteroatoms. The van der Waals surface area contributed by atoms with E-state index in [-0.39, 0.29) is 23.9 Å². The molecule has 0 spiro atoms. The fraction of sp³-hybridized carbons (Fsp3) is 0.176. The largest absolute Gasteiger partial charge is 0.493 e. The van der Waals surface area contributed by atoms with E-state index in [0.29, 0.717) is 16.3 Å². The Labute approximate surface area is 158 Å². The molecule has 0 aliphatic carbocycles. The molecule has 0 saturated carbocycles. The minimum atomic E-state index is -2.99. The van der Waals surface area contributed by atoms with Crippen LogP contribution in [-0.4, -0.2) is 32.1 Å². The topological polar surface area (TPSA) is 95.2 Å². The van der Waals surface area contributed by atoms with Crippen molar-refractivity contribution in [3.63, 3.8) is 0 Å². The van der Waals surface area contributed by atoms with Gasteiger partial charge in [-0.1, -0.05) is 16.8 Å². The SMILES string of the molecule is COc1cc(/C(N)=N\OCC(=O)Nc2ccc(Cl)cc2)ccc1OC(F)F. The predicted octanol–water partition coefficient (Wildman–Crippen LogP) is 3.23. The monoisotopic (exact) mass is 399 g/mol. The van der Waals surface area contributed by atoms with Crippen LogP contribution in [0.2, 0.25) is 5.02 Å². The van der Waals surface area contributed by atoms with Crippen LogP contribution < -0.4 is 20.5 Å². The van der Waals surface area contributed by atoms with Gasteiger partial charge in [0.25, 0.3) is 5.91 Å². The van der Waals surface area contributed by atoms with Gasteiger partial charge in [0.15, 0.2) is 23.9 Å². The van der Waals surface area contributed by atoms with E-state index in [4.69, 9.17) is 26.9 Å². The standard InChI is InChI=1S/C17H16ClF2N3O4/c1-25-14-8-10(2-7-13(14)27-17(19)20)16(21)23-26-9-15(24)22-12-5-3-11(18)4-6-12/h2-8,17H,9H2,1H3,(H2,21,23)(H,22,24). The van der Waals surface area contributed by atoms with Crippen LogP contribution in [0.3, 0.4) is 0 Å². The number of carbonyl (C=O) groups excluding carboxylic acids is 1. The third-order valence-corrected chi connectivity index (χ3v) is 3.41. The van der Waals surface area contributed by atoms with E-state index in [1.807, 2.05) is 0 Å². The van der Waals surface area contributed by atoms with Gasteiger partial charge in [-0.05, 0) is 42.5 Å². The molecule has 0 aliphatic rings. The summed E-state index contributed by atoms with van der Waals surface area (Å²) in [6.07, 6.45) is 0. The van der Waals surface area contributed by atoms with Crippen LogP contribution in [0.1, 0.15) is 5.56 Å². The van der Waals surface area contributed by atoms with Crippen molar-refractivity contribution in [2.45, 2.75) is 6.61 Å². The van der Waals surface area contributed by atoms with Gasteiger partial charge in [0.2, 0.25) is 0 Å². The van der Waals surface area contributed by atoms with Crippen LogP contribution in [-0.2, 0) is 9.63 Å². The first-order valence-corrected chi connectivity index (χ1v) is 7.91. The van der Waals surface area contributed by atoms with Gasteiger partial charge >= 0.3 is 6.61 Å². The molecule has 2 aromatic rings. The lowest BCUT2D eigenvalue weighted by Crippen LogP contribution is -2.19. The third-order valence-electron chi connectivity index (χ3n) is 3.16. The average molecular weight is 400 g/mol. The number of ether oxygens (including phenoxy) is 2. The Hall–Kier alpha value is -3.07. The molecule has 0 radical (unpaired) electrons. The lowest BCUT2D eigenvalue weighted by Gasteiger charge is -2.11. The molecule has 0 atom stereocenters. The van der Waals surface area contributed by atoms with Crippen molar-refractivity contribution in [1.82, 2.24) is 0 Å². The first-order valence-electron chi connectivity index (χ1n) is 7.53. The van der Waals surface area contributed by atoms with Crippen LogP contribution in [0.5, 0.6) is 11.5 Å². The maximum Gasteiger partial charge on any atom is 0.387 e. The van der Waals surface area contributed by atoms with Gasteiger partial charge in [0.05, 0.1) is 7.11 Å². The average Bonchev–Trinajstić information content (AvgIpc) is 2.63. The molecule has 2 rings (SSSR count). The van der Waals surface area contributed by atoms with Gasteiger partial charge in [-0.25, -0.2) is 0 Å². The van der Waals surface area contributed by atoms with Gasteiger partial charge in [0, 0.05) is 16.3 Å². The normalized spacial score (nSPS) is 11.2. The fourth-order valence-electron chi connectivity index (χ4n) is 1.96. The molecule has 27 heavy (non-hydrogen) atoms. The number of rotatable bonds is 8. The van der Waals surface area contributed by atoms with E-state index in [0.717, 1.165) is 0 Å². The number of oxime groups is 1. The van der Waals surface area contributed by atoms with Gasteiger partial charge in [-0.3, -0.25) is 4.79 Å². The highest BCUT2D eigenvalue weighted by Gasteiger charge is 2.12. The van der Waals surface area contributed by atoms with Crippen LogP contribution in [0.25, 0.3) is 0 Å². The van der Waals surface area contributed by atoms with E-state index in [1.54, 1.807) is 24.3 Å². The van der Waals surface area contributed by atoms with Crippen molar-refractivity contribution in [2.75, 3.05) is 19.0 Å². The number of halogens is 3. The minimum absolute atomic E-state index is 0.0476. The molecule has 0 aliphatic heterocycles. The first-order chi connectivity index (χ1) is 12.9. The van der Waals surface area contributed by atoms with Crippen molar-refractivity contribution >= 4 is 29.0 Å². The van der Waals surface area contributed by atoms with Gasteiger partial charge < -0.3 is 25.4 Å². The Morgan fingerprint density at radius 3 is 2.56 bits per heavy atom. The molecule has 0 aromatic heterocycles. The lowest BCUT2D eigenvalue weighted by atomic mass is 10.2. The Morgan fingerprint density at radius 1 is 1.22 bits per heavy atom. The summed E-state index contributed by atoms with van der Waals surface area (Å²) < 4.78 is 33.9. The number of hydrogen-bond acceptors (Lipinski definition) is 5. The molecule has 0 bridgehead atoms. The zero-order valence-electron chi connectivity index (χ0n) is 14.1. The van der Waals surface area contributed by atoms with E-state index in [2.05, 4.69) is 15.2 Å². The summed E-state index contributed by atoms with van der Waals surface area (Å²) in [5, 5.41) is 6.75. The van der Waals surface area contributed by atoms with Gasteiger partial charge in [-0.2, -0.15) is 8.78 Å². The highest BCUT2D eigenvalue weighted by atomic mass is 35.5. The second-order valence-corrected chi connectivity index (χ2v) is 5.49. The molecule has 2 aromatic carbocycles. The number of amidine groups is 1. The zero-order valence-corrected chi connectivity index (χ0v) is 14.9. The quantitative estimate of drug-likeness (QED) is 0.403. The summed E-state index contributed by atoms with van der Waals surface area (Å²) in [6, 6.07) is 10.5. The maximum absolute atomic E-state index is 12.3. The Bertz CT molecular complexity index is 816. The summed E-state index contributed by atoms with van der Waals surface area (Å²) in [4.78, 5) is 16.7. The molecule has 3 N–H and O–H groups in total. The Balaban J connectivity index is 1.94. The summed E-state index contributed by atoms with van der Waals surface area (Å²) in [6.45, 7) is -3.37. The number of amides is 1. The van der Waals surface area contributed by atoms with Crippen molar-refractivity contribution in [3.8, 4) is 11.5 Å². The smallest absolute Gasteiger partial charge is 0.387 e. The molecule has 0 unspecified atom stereocenters. The summed E-state index contributed by atoms with van der Waals surface area (Å²) >= 11 is 5.76. The second kappa shape index (κ2) is 9.58. The number of nitrogens with one attached hydrogen (secondary N) is 1. The highest BCUT2D eigenvalue weighted by molar-refractivity contribution is 6.30. The molecule has 0 heterocycles. The van der Waals surface area contributed by atoms with Gasteiger partial charge in [-0.15, -0.1) is 0 Å². The summed E-state index contributed by atoms with van der Waals surface area (Å²) in [7, 11) is 1.29. The maximum atomic E-state index is 12.3. The molecular formula is C17H16ClF2N3O4. The van der Waals surface area contributed by atoms with Crippen molar-refractivity contribution < 1.29 is 27.9 Å². The van der Waals surface area contributed by atoms with Crippen LogP contribution in [0.4, 0.5) is 14.5 Å². The van der Waals surface area contributed by atoms with Crippen LogP contribution in [0, 0.1) is 0 Å². The predicted molar refractivity (Wildman–Crippen MR) is 96.4 cm³/mol. The third kappa shape index (κ3) is 6.30. The molecule has 0 fully saturated rings. The van der Waals surface area contributed by atoms with Crippen LogP contribution >= 0.6 is 11.6 Å². The highest BCUT2D eigenvalue weighted by Crippen LogP contribution is 2.29. The minimum Gasteiger partial charge on any atom is -0.493 e. The number of nitrogens with zero attached hydrogens (tertiary/aromatic N) is 1. The van der Waals surface area contributed by atoms with Crippen molar-refractivity contribution in [3.05, 3.63) is 53.1 Å². The van der Waals surface area contributed by atoms with E-state index >= 15 is 0 Å². The summed E-state index contributed by atoms with van der Waals surface area (Å²) in [5.74, 6) is -0.623. The zero-order chi connectivity index (χ0) is 19.8. The number of hydrogen-bond donors (Lipinski definition) is 2. The molecule has 144 valence electrons.